The van der Waals surface area contributed by atoms with Crippen LogP contribution in [0.2, 0.25) is 0 Å². The summed E-state index contributed by atoms with van der Waals surface area (Å²) in [7, 11) is 4.65. The molecule has 1 heterocycles. The summed E-state index contributed by atoms with van der Waals surface area (Å²) < 4.78 is 17.7. The molecule has 0 saturated carbocycles. The predicted octanol–water partition coefficient (Wildman–Crippen LogP) is 3.65. The van der Waals surface area contributed by atoms with Crippen LogP contribution in [-0.4, -0.2) is 54.3 Å². The molecular formula is C24H26N2O6. The third-order valence-electron chi connectivity index (χ3n) is 4.74. The minimum Gasteiger partial charge on any atom is -0.503 e. The molecule has 0 atom stereocenters. The van der Waals surface area contributed by atoms with E-state index in [2.05, 4.69) is 0 Å². The quantitative estimate of drug-likeness (QED) is 0.540. The number of amides is 1. The smallest absolute Gasteiger partial charge is 0.359 e. The number of aromatic nitrogens is 1. The number of hydrogen-bond donors (Lipinski definition) is 1. The highest BCUT2D eigenvalue weighted by atomic mass is 16.5. The van der Waals surface area contributed by atoms with Gasteiger partial charge in [-0.3, -0.25) is 9.36 Å². The first-order valence-electron chi connectivity index (χ1n) is 10.1. The number of carbonyl (C=O) groups is 2. The van der Waals surface area contributed by atoms with Crippen LogP contribution in [0.3, 0.4) is 0 Å². The fraction of sp³-hybridized carbons (Fsp3) is 0.250. The molecule has 0 radical (unpaired) electrons. The van der Waals surface area contributed by atoms with E-state index in [1.54, 1.807) is 45.3 Å². The van der Waals surface area contributed by atoms with Crippen molar-refractivity contribution < 1.29 is 28.9 Å². The fourth-order valence-corrected chi connectivity index (χ4v) is 3.19. The molecule has 2 aromatic carbocycles. The topological polar surface area (TPSA) is 90.2 Å². The Hall–Kier alpha value is -3.94. The summed E-state index contributed by atoms with van der Waals surface area (Å²) in [6, 6.07) is 16.0. The van der Waals surface area contributed by atoms with Crippen LogP contribution in [0.25, 0.3) is 5.69 Å². The number of nitrogens with zero attached hydrogens (tertiary/aromatic N) is 2. The standard InChI is InChI=1S/C24H26N2O6/c1-5-31-24(29)20-22(32-15-16-9-7-6-8-10-16)21(27)19(23(28)25(2)3)26(20)17-11-13-18(30-4)14-12-17/h6-14,27H,5,15H2,1-4H3. The van der Waals surface area contributed by atoms with Gasteiger partial charge in [0.25, 0.3) is 5.91 Å². The van der Waals surface area contributed by atoms with Crippen LogP contribution >= 0.6 is 0 Å². The van der Waals surface area contributed by atoms with Gasteiger partial charge < -0.3 is 24.2 Å². The van der Waals surface area contributed by atoms with Gasteiger partial charge in [-0.1, -0.05) is 30.3 Å². The maximum atomic E-state index is 13.0. The first kappa shape index (κ1) is 22.7. The van der Waals surface area contributed by atoms with Gasteiger partial charge in [-0.05, 0) is 36.8 Å². The van der Waals surface area contributed by atoms with Crippen molar-refractivity contribution in [2.45, 2.75) is 13.5 Å². The number of rotatable bonds is 8. The zero-order chi connectivity index (χ0) is 23.3. The van der Waals surface area contributed by atoms with Crippen molar-refractivity contribution in [3.63, 3.8) is 0 Å². The molecule has 0 saturated heterocycles. The number of methoxy groups -OCH3 is 1. The number of ether oxygens (including phenoxy) is 3. The summed E-state index contributed by atoms with van der Waals surface area (Å²) in [6.45, 7) is 1.88. The van der Waals surface area contributed by atoms with Crippen molar-refractivity contribution in [1.29, 1.82) is 0 Å². The van der Waals surface area contributed by atoms with Gasteiger partial charge in [0, 0.05) is 19.8 Å². The largest absolute Gasteiger partial charge is 0.503 e. The van der Waals surface area contributed by atoms with Crippen molar-refractivity contribution in [2.24, 2.45) is 0 Å². The molecule has 3 rings (SSSR count). The van der Waals surface area contributed by atoms with Crippen molar-refractivity contribution >= 4 is 11.9 Å². The number of hydrogen-bond acceptors (Lipinski definition) is 6. The van der Waals surface area contributed by atoms with Crippen LogP contribution in [0.5, 0.6) is 17.2 Å². The van der Waals surface area contributed by atoms with Gasteiger partial charge in [-0.15, -0.1) is 0 Å². The highest BCUT2D eigenvalue weighted by Gasteiger charge is 2.34. The zero-order valence-electron chi connectivity index (χ0n) is 18.5. The highest BCUT2D eigenvalue weighted by Crippen LogP contribution is 2.41. The molecule has 0 fully saturated rings. The van der Waals surface area contributed by atoms with Crippen molar-refractivity contribution in [1.82, 2.24) is 9.47 Å². The number of esters is 1. The Morgan fingerprint density at radius 1 is 1.00 bits per heavy atom. The summed E-state index contributed by atoms with van der Waals surface area (Å²) in [4.78, 5) is 27.3. The Kier molecular flexibility index (Phi) is 7.04. The Morgan fingerprint density at radius 3 is 2.22 bits per heavy atom. The van der Waals surface area contributed by atoms with E-state index < -0.39 is 17.6 Å². The average Bonchev–Trinajstić information content (AvgIpc) is 3.10. The number of aromatic hydroxyl groups is 1. The molecule has 0 bridgehead atoms. The van der Waals surface area contributed by atoms with Gasteiger partial charge in [-0.25, -0.2) is 4.79 Å². The van der Waals surface area contributed by atoms with Crippen LogP contribution in [0, 0.1) is 0 Å². The highest BCUT2D eigenvalue weighted by molar-refractivity contribution is 6.02. The van der Waals surface area contributed by atoms with E-state index in [1.165, 1.54) is 16.6 Å². The van der Waals surface area contributed by atoms with Crippen LogP contribution in [0.4, 0.5) is 0 Å². The van der Waals surface area contributed by atoms with Gasteiger partial charge in [0.2, 0.25) is 0 Å². The second-order valence-electron chi connectivity index (χ2n) is 7.10. The third-order valence-corrected chi connectivity index (χ3v) is 4.74. The molecule has 0 aliphatic rings. The fourth-order valence-electron chi connectivity index (χ4n) is 3.19. The second kappa shape index (κ2) is 9.91. The van der Waals surface area contributed by atoms with E-state index in [0.29, 0.717) is 11.4 Å². The normalized spacial score (nSPS) is 10.5. The minimum atomic E-state index is -0.723. The van der Waals surface area contributed by atoms with E-state index in [4.69, 9.17) is 14.2 Å². The van der Waals surface area contributed by atoms with Crippen LogP contribution in [0.15, 0.2) is 54.6 Å². The van der Waals surface area contributed by atoms with Crippen molar-refractivity contribution in [3.8, 4) is 22.9 Å². The molecule has 32 heavy (non-hydrogen) atoms. The maximum absolute atomic E-state index is 13.0. The molecular weight excluding hydrogens is 412 g/mol. The lowest BCUT2D eigenvalue weighted by atomic mass is 10.2. The van der Waals surface area contributed by atoms with Crippen LogP contribution in [0.1, 0.15) is 33.5 Å². The van der Waals surface area contributed by atoms with Crippen molar-refractivity contribution in [2.75, 3.05) is 27.8 Å². The van der Waals surface area contributed by atoms with Gasteiger partial charge in [0.05, 0.1) is 13.7 Å². The Labute approximate surface area is 186 Å². The number of benzene rings is 2. The molecule has 0 spiro atoms. The molecule has 1 N–H and O–H groups in total. The molecule has 0 aliphatic carbocycles. The van der Waals surface area contributed by atoms with Gasteiger partial charge in [-0.2, -0.15) is 0 Å². The lowest BCUT2D eigenvalue weighted by Gasteiger charge is -2.15. The summed E-state index contributed by atoms with van der Waals surface area (Å²) >= 11 is 0. The van der Waals surface area contributed by atoms with E-state index >= 15 is 0 Å². The van der Waals surface area contributed by atoms with E-state index in [1.807, 2.05) is 30.3 Å². The first-order valence-corrected chi connectivity index (χ1v) is 10.1. The van der Waals surface area contributed by atoms with Gasteiger partial charge >= 0.3 is 5.97 Å². The lowest BCUT2D eigenvalue weighted by molar-refractivity contribution is 0.0511. The van der Waals surface area contributed by atoms with Crippen molar-refractivity contribution in [3.05, 3.63) is 71.5 Å². The predicted molar refractivity (Wildman–Crippen MR) is 119 cm³/mol. The molecule has 1 aromatic heterocycles. The Balaban J connectivity index is 2.22. The van der Waals surface area contributed by atoms with E-state index in [0.717, 1.165) is 5.56 Å². The maximum Gasteiger partial charge on any atom is 0.359 e. The first-order chi connectivity index (χ1) is 15.4. The van der Waals surface area contributed by atoms with Gasteiger partial charge in [0.15, 0.2) is 22.9 Å². The van der Waals surface area contributed by atoms with E-state index in [9.17, 15) is 14.7 Å². The molecule has 8 nitrogen and oxygen atoms in total. The molecule has 0 aliphatic heterocycles. The summed E-state index contributed by atoms with van der Waals surface area (Å²) in [5.74, 6) is -1.17. The minimum absolute atomic E-state index is 0.0735. The summed E-state index contributed by atoms with van der Waals surface area (Å²) in [6.07, 6.45) is 0. The Bertz CT molecular complexity index is 1090. The third kappa shape index (κ3) is 4.54. The summed E-state index contributed by atoms with van der Waals surface area (Å²) in [5, 5.41) is 11.0. The SMILES string of the molecule is CCOC(=O)c1c(OCc2ccccc2)c(O)c(C(=O)N(C)C)n1-c1ccc(OC)cc1. The van der Waals surface area contributed by atoms with Gasteiger partial charge in [0.1, 0.15) is 12.4 Å². The van der Waals surface area contributed by atoms with Crippen LogP contribution in [-0.2, 0) is 11.3 Å². The molecule has 3 aromatic rings. The molecule has 1 amide bonds. The molecule has 168 valence electrons. The second-order valence-corrected chi connectivity index (χ2v) is 7.10. The van der Waals surface area contributed by atoms with Crippen LogP contribution < -0.4 is 9.47 Å². The Morgan fingerprint density at radius 2 is 1.66 bits per heavy atom. The average molecular weight is 438 g/mol. The monoisotopic (exact) mass is 438 g/mol. The number of carbonyl (C=O) groups excluding carboxylic acids is 2. The molecule has 8 heteroatoms. The lowest BCUT2D eigenvalue weighted by Crippen LogP contribution is -2.25. The molecule has 0 unspecified atom stereocenters. The zero-order valence-corrected chi connectivity index (χ0v) is 18.5. The van der Waals surface area contributed by atoms with E-state index in [-0.39, 0.29) is 30.4 Å². The summed E-state index contributed by atoms with van der Waals surface area (Å²) in [5.41, 5.74) is 1.12.